The molecule has 0 atom stereocenters. The first kappa shape index (κ1) is 22.4. The number of hydrogen-bond acceptors (Lipinski definition) is 2. The average Bonchev–Trinajstić information content (AvgIpc) is 2.76. The van der Waals surface area contributed by atoms with Gasteiger partial charge in [-0.2, -0.15) is 0 Å². The van der Waals surface area contributed by atoms with Gasteiger partial charge in [-0.25, -0.2) is 4.79 Å². The summed E-state index contributed by atoms with van der Waals surface area (Å²) in [5.74, 6) is 2.34. The SMILES string of the molecule is CCCCCC1CCC(OC(=O)c2ccc(C3CCC(CCC)CC3)cc2)CC1. The molecule has 0 amide bonds. The lowest BCUT2D eigenvalue weighted by Crippen LogP contribution is -2.24. The van der Waals surface area contributed by atoms with Crippen molar-refractivity contribution in [2.75, 3.05) is 0 Å². The van der Waals surface area contributed by atoms with Crippen LogP contribution in [-0.4, -0.2) is 12.1 Å². The van der Waals surface area contributed by atoms with Crippen molar-refractivity contribution in [2.24, 2.45) is 11.8 Å². The van der Waals surface area contributed by atoms with Crippen molar-refractivity contribution in [3.05, 3.63) is 35.4 Å². The minimum Gasteiger partial charge on any atom is -0.459 e. The maximum atomic E-state index is 12.6. The molecule has 0 heterocycles. The summed E-state index contributed by atoms with van der Waals surface area (Å²) in [5, 5.41) is 0. The third-order valence-electron chi connectivity index (χ3n) is 7.44. The van der Waals surface area contributed by atoms with Crippen molar-refractivity contribution in [2.45, 2.75) is 116 Å². The lowest BCUT2D eigenvalue weighted by atomic mass is 9.77. The Bertz CT molecular complexity index is 589. The van der Waals surface area contributed by atoms with Crippen molar-refractivity contribution in [3.8, 4) is 0 Å². The van der Waals surface area contributed by atoms with E-state index in [1.165, 1.54) is 82.6 Å². The normalized spacial score (nSPS) is 27.5. The Morgan fingerprint density at radius 3 is 2.03 bits per heavy atom. The zero-order valence-corrected chi connectivity index (χ0v) is 18.8. The first-order chi connectivity index (χ1) is 14.2. The van der Waals surface area contributed by atoms with E-state index in [2.05, 4.69) is 26.0 Å². The highest BCUT2D eigenvalue weighted by Crippen LogP contribution is 2.37. The van der Waals surface area contributed by atoms with Gasteiger partial charge in [0.1, 0.15) is 6.10 Å². The van der Waals surface area contributed by atoms with Crippen molar-refractivity contribution < 1.29 is 9.53 Å². The van der Waals surface area contributed by atoms with E-state index < -0.39 is 0 Å². The fourth-order valence-corrected chi connectivity index (χ4v) is 5.52. The standard InChI is InChI=1S/C27H42O2/c1-3-5-6-8-22-11-19-26(20-12-22)29-27(28)25-17-15-24(16-18-25)23-13-9-21(7-4-2)10-14-23/h15-18,21-23,26H,3-14,19-20H2,1-2H3. The highest BCUT2D eigenvalue weighted by molar-refractivity contribution is 5.89. The number of rotatable bonds is 9. The second-order valence-corrected chi connectivity index (χ2v) is 9.67. The van der Waals surface area contributed by atoms with E-state index in [0.29, 0.717) is 5.92 Å². The maximum Gasteiger partial charge on any atom is 0.338 e. The van der Waals surface area contributed by atoms with Crippen LogP contribution < -0.4 is 0 Å². The van der Waals surface area contributed by atoms with E-state index in [-0.39, 0.29) is 12.1 Å². The topological polar surface area (TPSA) is 26.3 Å². The number of benzene rings is 1. The summed E-state index contributed by atoms with van der Waals surface area (Å²) in [6, 6.07) is 8.33. The van der Waals surface area contributed by atoms with Gasteiger partial charge >= 0.3 is 5.97 Å². The van der Waals surface area contributed by atoms with Crippen molar-refractivity contribution in [1.82, 2.24) is 0 Å². The van der Waals surface area contributed by atoms with Gasteiger partial charge in [0, 0.05) is 0 Å². The molecule has 0 aliphatic heterocycles. The Morgan fingerprint density at radius 2 is 1.41 bits per heavy atom. The van der Waals surface area contributed by atoms with Crippen LogP contribution in [0, 0.1) is 11.8 Å². The molecule has 0 radical (unpaired) electrons. The summed E-state index contributed by atoms with van der Waals surface area (Å²) in [7, 11) is 0. The summed E-state index contributed by atoms with van der Waals surface area (Å²) < 4.78 is 5.84. The predicted molar refractivity (Wildman–Crippen MR) is 121 cm³/mol. The number of hydrogen-bond donors (Lipinski definition) is 0. The first-order valence-electron chi connectivity index (χ1n) is 12.5. The highest BCUT2D eigenvalue weighted by atomic mass is 16.5. The number of unbranched alkanes of at least 4 members (excludes halogenated alkanes) is 2. The molecule has 1 aromatic rings. The molecule has 2 aliphatic rings. The van der Waals surface area contributed by atoms with E-state index in [9.17, 15) is 4.79 Å². The molecule has 2 saturated carbocycles. The molecular weight excluding hydrogens is 356 g/mol. The molecule has 3 rings (SSSR count). The van der Waals surface area contributed by atoms with Crippen LogP contribution in [-0.2, 0) is 4.74 Å². The lowest BCUT2D eigenvalue weighted by Gasteiger charge is -2.29. The summed E-state index contributed by atoms with van der Waals surface area (Å²) in [6.07, 6.45) is 18.1. The third-order valence-corrected chi connectivity index (χ3v) is 7.44. The number of carbonyl (C=O) groups excluding carboxylic acids is 1. The van der Waals surface area contributed by atoms with Crippen molar-refractivity contribution in [1.29, 1.82) is 0 Å². The molecule has 0 unspecified atom stereocenters. The van der Waals surface area contributed by atoms with E-state index in [4.69, 9.17) is 4.74 Å². The molecule has 0 bridgehead atoms. The summed E-state index contributed by atoms with van der Waals surface area (Å²) in [5.41, 5.74) is 2.13. The van der Waals surface area contributed by atoms with E-state index in [1.807, 2.05) is 12.1 Å². The maximum absolute atomic E-state index is 12.6. The molecule has 2 nitrogen and oxygen atoms in total. The zero-order chi connectivity index (χ0) is 20.5. The highest BCUT2D eigenvalue weighted by Gasteiger charge is 2.25. The van der Waals surface area contributed by atoms with Crippen LogP contribution in [0.3, 0.4) is 0 Å². The Hall–Kier alpha value is -1.31. The predicted octanol–water partition coefficient (Wildman–Crippen LogP) is 8.06. The average molecular weight is 399 g/mol. The molecule has 1 aromatic carbocycles. The van der Waals surface area contributed by atoms with E-state index >= 15 is 0 Å². The summed E-state index contributed by atoms with van der Waals surface area (Å²) in [6.45, 7) is 4.56. The van der Waals surface area contributed by atoms with Crippen LogP contribution >= 0.6 is 0 Å². The summed E-state index contributed by atoms with van der Waals surface area (Å²) in [4.78, 5) is 12.6. The van der Waals surface area contributed by atoms with Crippen molar-refractivity contribution in [3.63, 3.8) is 0 Å². The van der Waals surface area contributed by atoms with Gasteiger partial charge in [0.15, 0.2) is 0 Å². The molecule has 0 N–H and O–H groups in total. The molecular formula is C27H42O2. The number of carbonyl (C=O) groups is 1. The van der Waals surface area contributed by atoms with Gasteiger partial charge in [-0.3, -0.25) is 0 Å². The molecule has 2 aliphatic carbocycles. The number of esters is 1. The monoisotopic (exact) mass is 398 g/mol. The van der Waals surface area contributed by atoms with Gasteiger partial charge in [0.2, 0.25) is 0 Å². The molecule has 0 saturated heterocycles. The quantitative estimate of drug-likeness (QED) is 0.310. The second-order valence-electron chi connectivity index (χ2n) is 9.67. The van der Waals surface area contributed by atoms with Gasteiger partial charge in [-0.15, -0.1) is 0 Å². The van der Waals surface area contributed by atoms with Crippen LogP contribution in [0.5, 0.6) is 0 Å². The second kappa shape index (κ2) is 11.8. The zero-order valence-electron chi connectivity index (χ0n) is 18.8. The lowest BCUT2D eigenvalue weighted by molar-refractivity contribution is 0.0161. The molecule has 0 spiro atoms. The summed E-state index contributed by atoms with van der Waals surface area (Å²) >= 11 is 0. The molecule has 2 heteroatoms. The van der Waals surface area contributed by atoms with Gasteiger partial charge in [-0.1, -0.05) is 64.5 Å². The van der Waals surface area contributed by atoms with E-state index in [1.54, 1.807) is 0 Å². The van der Waals surface area contributed by atoms with Crippen LogP contribution in [0.25, 0.3) is 0 Å². The minimum atomic E-state index is -0.127. The molecule has 0 aromatic heterocycles. The smallest absolute Gasteiger partial charge is 0.338 e. The number of ether oxygens (including phenoxy) is 1. The van der Waals surface area contributed by atoms with Crippen LogP contribution in [0.1, 0.15) is 126 Å². The Morgan fingerprint density at radius 1 is 0.793 bits per heavy atom. The fourth-order valence-electron chi connectivity index (χ4n) is 5.52. The van der Waals surface area contributed by atoms with Crippen molar-refractivity contribution >= 4 is 5.97 Å². The van der Waals surface area contributed by atoms with Crippen LogP contribution in [0.15, 0.2) is 24.3 Å². The van der Waals surface area contributed by atoms with Crippen LogP contribution in [0.4, 0.5) is 0 Å². The Kier molecular flexibility index (Phi) is 9.08. The largest absolute Gasteiger partial charge is 0.459 e. The Balaban J connectivity index is 1.42. The Labute approximate surface area is 178 Å². The third kappa shape index (κ3) is 6.86. The van der Waals surface area contributed by atoms with Gasteiger partial charge < -0.3 is 4.74 Å². The van der Waals surface area contributed by atoms with Crippen LogP contribution in [0.2, 0.25) is 0 Å². The van der Waals surface area contributed by atoms with Gasteiger partial charge in [-0.05, 0) is 86.8 Å². The first-order valence-corrected chi connectivity index (χ1v) is 12.5. The molecule has 2 fully saturated rings. The van der Waals surface area contributed by atoms with Gasteiger partial charge in [0.25, 0.3) is 0 Å². The fraction of sp³-hybridized carbons (Fsp3) is 0.741. The molecule has 162 valence electrons. The van der Waals surface area contributed by atoms with E-state index in [0.717, 1.165) is 30.2 Å². The van der Waals surface area contributed by atoms with Gasteiger partial charge in [0.05, 0.1) is 5.56 Å². The molecule has 29 heavy (non-hydrogen) atoms. The minimum absolute atomic E-state index is 0.124.